The van der Waals surface area contributed by atoms with Crippen LogP contribution >= 0.6 is 11.8 Å². The number of aliphatic carboxylic acids is 1. The number of halogens is 1. The molecule has 1 amide bonds. The standard InChI is InChI=1S/C24H17FN2O4S/c25-20-12-16(15-5-9-19(28)10-6-15)3-4-17(20)13-21-23(31)27-24(32-21)26-18-7-1-14(2-8-18)11-22(29)30/h1-10,12-13,28H,11H2,(H,29,30)(H,26,27,31). The smallest absolute Gasteiger partial charge is 0.307 e. The molecule has 3 aromatic carbocycles. The third-order valence-corrected chi connectivity index (χ3v) is 5.57. The first kappa shape index (κ1) is 21.3. The van der Waals surface area contributed by atoms with Crippen molar-refractivity contribution in [2.75, 3.05) is 0 Å². The topological polar surface area (TPSA) is 99.0 Å². The van der Waals surface area contributed by atoms with Crippen LogP contribution in [0.25, 0.3) is 17.2 Å². The SMILES string of the molecule is O=C(O)Cc1ccc(N=C2NC(=O)C(=Cc3ccc(-c4ccc(O)cc4)cc3F)S2)cc1. The number of aliphatic imine (C=N–C) groups is 1. The highest BCUT2D eigenvalue weighted by molar-refractivity contribution is 8.18. The highest BCUT2D eigenvalue weighted by Crippen LogP contribution is 2.30. The number of hydrogen-bond donors (Lipinski definition) is 3. The van der Waals surface area contributed by atoms with Gasteiger partial charge in [-0.2, -0.15) is 0 Å². The van der Waals surface area contributed by atoms with Gasteiger partial charge in [0.2, 0.25) is 0 Å². The maximum absolute atomic E-state index is 14.7. The van der Waals surface area contributed by atoms with Gasteiger partial charge in [0.05, 0.1) is 17.0 Å². The molecular weight excluding hydrogens is 431 g/mol. The summed E-state index contributed by atoms with van der Waals surface area (Å²) >= 11 is 1.10. The minimum Gasteiger partial charge on any atom is -0.508 e. The van der Waals surface area contributed by atoms with Crippen molar-refractivity contribution in [1.82, 2.24) is 5.32 Å². The van der Waals surface area contributed by atoms with Crippen molar-refractivity contribution in [2.45, 2.75) is 6.42 Å². The second-order valence-corrected chi connectivity index (χ2v) is 8.03. The van der Waals surface area contributed by atoms with Gasteiger partial charge in [0, 0.05) is 5.56 Å². The lowest BCUT2D eigenvalue weighted by Gasteiger charge is -2.05. The van der Waals surface area contributed by atoms with Crippen LogP contribution in [0.5, 0.6) is 5.75 Å². The van der Waals surface area contributed by atoms with Crippen molar-refractivity contribution < 1.29 is 24.2 Å². The molecule has 0 aliphatic carbocycles. The number of hydrogen-bond acceptors (Lipinski definition) is 5. The number of nitrogens with one attached hydrogen (secondary N) is 1. The Bertz CT molecular complexity index is 1250. The number of aromatic hydroxyl groups is 1. The molecule has 1 aliphatic rings. The number of nitrogens with zero attached hydrogens (tertiary/aromatic N) is 1. The van der Waals surface area contributed by atoms with Crippen LogP contribution in [0.1, 0.15) is 11.1 Å². The molecule has 0 spiro atoms. The molecule has 8 heteroatoms. The summed E-state index contributed by atoms with van der Waals surface area (Å²) in [4.78, 5) is 27.7. The Kier molecular flexibility index (Phi) is 6.04. The summed E-state index contributed by atoms with van der Waals surface area (Å²) in [5.74, 6) is -1.64. The van der Waals surface area contributed by atoms with Gasteiger partial charge in [-0.05, 0) is 64.9 Å². The monoisotopic (exact) mass is 448 g/mol. The Labute approximate surface area is 187 Å². The molecular formula is C24H17FN2O4S. The lowest BCUT2D eigenvalue weighted by atomic mass is 10.0. The largest absolute Gasteiger partial charge is 0.508 e. The van der Waals surface area contributed by atoms with Gasteiger partial charge >= 0.3 is 5.97 Å². The molecule has 0 aromatic heterocycles. The van der Waals surface area contributed by atoms with Crippen LogP contribution in [0, 0.1) is 5.82 Å². The average Bonchev–Trinajstić information content (AvgIpc) is 3.10. The Morgan fingerprint density at radius 3 is 2.38 bits per heavy atom. The summed E-state index contributed by atoms with van der Waals surface area (Å²) in [6.45, 7) is 0. The van der Waals surface area contributed by atoms with E-state index in [4.69, 9.17) is 5.11 Å². The van der Waals surface area contributed by atoms with E-state index in [9.17, 15) is 19.1 Å². The molecule has 4 rings (SSSR count). The van der Waals surface area contributed by atoms with Gasteiger partial charge in [-0.15, -0.1) is 0 Å². The fraction of sp³-hybridized carbons (Fsp3) is 0.0417. The zero-order valence-electron chi connectivity index (χ0n) is 16.6. The predicted octanol–water partition coefficient (Wildman–Crippen LogP) is 4.72. The maximum atomic E-state index is 14.7. The van der Waals surface area contributed by atoms with E-state index >= 15 is 0 Å². The number of carboxylic acid groups (broad SMARTS) is 1. The van der Waals surface area contributed by atoms with Gasteiger partial charge in [-0.3, -0.25) is 9.59 Å². The zero-order chi connectivity index (χ0) is 22.7. The van der Waals surface area contributed by atoms with Gasteiger partial charge in [-0.25, -0.2) is 9.38 Å². The van der Waals surface area contributed by atoms with Gasteiger partial charge < -0.3 is 15.5 Å². The van der Waals surface area contributed by atoms with E-state index in [0.717, 1.165) is 17.3 Å². The zero-order valence-corrected chi connectivity index (χ0v) is 17.4. The molecule has 0 radical (unpaired) electrons. The van der Waals surface area contributed by atoms with E-state index in [-0.39, 0.29) is 23.6 Å². The second-order valence-electron chi connectivity index (χ2n) is 7.00. The molecule has 160 valence electrons. The average molecular weight is 448 g/mol. The number of carbonyl (C=O) groups excluding carboxylic acids is 1. The van der Waals surface area contributed by atoms with Crippen LogP contribution in [0.15, 0.2) is 76.6 Å². The molecule has 0 saturated carbocycles. The minimum absolute atomic E-state index is 0.0771. The van der Waals surface area contributed by atoms with E-state index in [2.05, 4.69) is 10.3 Å². The molecule has 1 heterocycles. The number of thioether (sulfide) groups is 1. The first-order chi connectivity index (χ1) is 15.4. The molecule has 3 aromatic rings. The second kappa shape index (κ2) is 9.07. The van der Waals surface area contributed by atoms with Crippen LogP contribution < -0.4 is 5.32 Å². The summed E-state index contributed by atoms with van der Waals surface area (Å²) in [5, 5.41) is 21.2. The van der Waals surface area contributed by atoms with Crippen molar-refractivity contribution in [3.05, 3.63) is 88.6 Å². The van der Waals surface area contributed by atoms with E-state index in [0.29, 0.717) is 26.9 Å². The van der Waals surface area contributed by atoms with E-state index in [1.165, 1.54) is 24.3 Å². The van der Waals surface area contributed by atoms with Crippen molar-refractivity contribution in [1.29, 1.82) is 0 Å². The third-order valence-electron chi connectivity index (χ3n) is 4.66. The van der Waals surface area contributed by atoms with Crippen LogP contribution in [0.3, 0.4) is 0 Å². The summed E-state index contributed by atoms with van der Waals surface area (Å²) in [7, 11) is 0. The summed E-state index contributed by atoms with van der Waals surface area (Å²) < 4.78 is 14.7. The maximum Gasteiger partial charge on any atom is 0.307 e. The molecule has 1 aliphatic heterocycles. The minimum atomic E-state index is -0.916. The van der Waals surface area contributed by atoms with Gasteiger partial charge in [0.1, 0.15) is 11.6 Å². The van der Waals surface area contributed by atoms with Crippen molar-refractivity contribution in [3.8, 4) is 16.9 Å². The van der Waals surface area contributed by atoms with Gasteiger partial charge in [0.15, 0.2) is 5.17 Å². The number of phenolic OH excluding ortho intramolecular Hbond substituents is 1. The Balaban J connectivity index is 1.51. The van der Waals surface area contributed by atoms with Crippen molar-refractivity contribution in [3.63, 3.8) is 0 Å². The van der Waals surface area contributed by atoms with Crippen LogP contribution in [-0.4, -0.2) is 27.3 Å². The quantitative estimate of drug-likeness (QED) is 0.491. The number of rotatable bonds is 5. The summed E-state index contributed by atoms with van der Waals surface area (Å²) in [5.41, 5.74) is 2.90. The van der Waals surface area contributed by atoms with E-state index < -0.39 is 11.8 Å². The summed E-state index contributed by atoms with van der Waals surface area (Å²) in [6, 6.07) is 17.8. The molecule has 1 saturated heterocycles. The van der Waals surface area contributed by atoms with Crippen molar-refractivity contribution >= 4 is 40.6 Å². The molecule has 0 unspecified atom stereocenters. The fourth-order valence-corrected chi connectivity index (χ4v) is 3.91. The number of benzene rings is 3. The van der Waals surface area contributed by atoms with E-state index in [1.807, 2.05) is 0 Å². The Hall–Kier alpha value is -3.91. The fourth-order valence-electron chi connectivity index (χ4n) is 3.08. The van der Waals surface area contributed by atoms with Crippen molar-refractivity contribution in [2.24, 2.45) is 4.99 Å². The third kappa shape index (κ3) is 5.04. The highest BCUT2D eigenvalue weighted by atomic mass is 32.2. The number of phenols is 1. The Morgan fingerprint density at radius 1 is 1.03 bits per heavy atom. The molecule has 32 heavy (non-hydrogen) atoms. The molecule has 1 fully saturated rings. The molecule has 6 nitrogen and oxygen atoms in total. The van der Waals surface area contributed by atoms with Gasteiger partial charge in [-0.1, -0.05) is 36.4 Å². The van der Waals surface area contributed by atoms with Gasteiger partial charge in [0.25, 0.3) is 5.91 Å². The molecule has 0 bridgehead atoms. The first-order valence-electron chi connectivity index (χ1n) is 9.57. The van der Waals surface area contributed by atoms with Crippen LogP contribution in [0.2, 0.25) is 0 Å². The lowest BCUT2D eigenvalue weighted by Crippen LogP contribution is -2.19. The predicted molar refractivity (Wildman–Crippen MR) is 122 cm³/mol. The van der Waals surface area contributed by atoms with E-state index in [1.54, 1.807) is 48.5 Å². The number of amides is 1. The first-order valence-corrected chi connectivity index (χ1v) is 10.4. The lowest BCUT2D eigenvalue weighted by molar-refractivity contribution is -0.136. The molecule has 0 atom stereocenters. The number of carbonyl (C=O) groups is 2. The van der Waals surface area contributed by atoms with Crippen LogP contribution in [-0.2, 0) is 16.0 Å². The molecule has 3 N–H and O–H groups in total. The van der Waals surface area contributed by atoms with Crippen LogP contribution in [0.4, 0.5) is 10.1 Å². The normalized spacial score (nSPS) is 15.8. The number of carboxylic acids is 1. The highest BCUT2D eigenvalue weighted by Gasteiger charge is 2.24. The number of amidine groups is 1. The Morgan fingerprint density at radius 2 is 1.72 bits per heavy atom. The summed E-state index contributed by atoms with van der Waals surface area (Å²) in [6.07, 6.45) is 1.39.